The summed E-state index contributed by atoms with van der Waals surface area (Å²) in [6.45, 7) is 1.87. The SMILES string of the molecule is Cc1cc(Br)c2c(=O)cc(C(=O)O)[nH]c2c1. The molecule has 1 aromatic carbocycles. The van der Waals surface area contributed by atoms with Crippen LogP contribution in [0.25, 0.3) is 10.9 Å². The van der Waals surface area contributed by atoms with Crippen LogP contribution in [0.15, 0.2) is 27.5 Å². The van der Waals surface area contributed by atoms with Crippen molar-refractivity contribution in [3.05, 3.63) is 44.2 Å². The largest absolute Gasteiger partial charge is 0.477 e. The third-order valence-corrected chi connectivity index (χ3v) is 2.88. The van der Waals surface area contributed by atoms with E-state index in [-0.39, 0.29) is 11.1 Å². The lowest BCUT2D eigenvalue weighted by molar-refractivity contribution is 0.0691. The molecule has 0 saturated carbocycles. The Labute approximate surface area is 99.0 Å². The van der Waals surface area contributed by atoms with Gasteiger partial charge in [-0.3, -0.25) is 4.79 Å². The van der Waals surface area contributed by atoms with Crippen LogP contribution in [0.4, 0.5) is 0 Å². The Morgan fingerprint density at radius 1 is 1.38 bits per heavy atom. The van der Waals surface area contributed by atoms with Gasteiger partial charge < -0.3 is 10.1 Å². The minimum Gasteiger partial charge on any atom is -0.477 e. The molecule has 0 atom stereocenters. The fourth-order valence-electron chi connectivity index (χ4n) is 1.59. The maximum atomic E-state index is 11.7. The Morgan fingerprint density at radius 2 is 2.06 bits per heavy atom. The zero-order valence-electron chi connectivity index (χ0n) is 8.37. The van der Waals surface area contributed by atoms with E-state index in [2.05, 4.69) is 20.9 Å². The minimum atomic E-state index is -1.14. The number of carboxylic acid groups (broad SMARTS) is 1. The maximum Gasteiger partial charge on any atom is 0.352 e. The number of aryl methyl sites for hydroxylation is 1. The van der Waals surface area contributed by atoms with Crippen LogP contribution in [0.1, 0.15) is 16.1 Å². The summed E-state index contributed by atoms with van der Waals surface area (Å²) in [7, 11) is 0. The van der Waals surface area contributed by atoms with Gasteiger partial charge >= 0.3 is 5.97 Å². The number of aromatic carboxylic acids is 1. The highest BCUT2D eigenvalue weighted by atomic mass is 79.9. The van der Waals surface area contributed by atoms with Gasteiger partial charge in [0.05, 0.1) is 10.9 Å². The zero-order valence-corrected chi connectivity index (χ0v) is 9.96. The number of aromatic nitrogens is 1. The van der Waals surface area contributed by atoms with Crippen molar-refractivity contribution in [3.8, 4) is 0 Å². The van der Waals surface area contributed by atoms with E-state index in [0.717, 1.165) is 11.6 Å². The summed E-state index contributed by atoms with van der Waals surface area (Å²) in [5.74, 6) is -1.14. The molecule has 82 valence electrons. The molecule has 0 amide bonds. The van der Waals surface area contributed by atoms with Gasteiger partial charge in [0, 0.05) is 10.5 Å². The first-order valence-corrected chi connectivity index (χ1v) is 5.35. The Morgan fingerprint density at radius 3 is 2.69 bits per heavy atom. The van der Waals surface area contributed by atoms with Crippen molar-refractivity contribution >= 4 is 32.8 Å². The molecule has 2 N–H and O–H groups in total. The second-order valence-corrected chi connectivity index (χ2v) is 4.38. The molecule has 0 aliphatic rings. The molecule has 2 aromatic rings. The van der Waals surface area contributed by atoms with Crippen LogP contribution in [-0.2, 0) is 0 Å². The average Bonchev–Trinajstić information content (AvgIpc) is 2.15. The number of nitrogens with one attached hydrogen (secondary N) is 1. The first-order chi connectivity index (χ1) is 7.49. The number of H-pyrrole nitrogens is 1. The maximum absolute atomic E-state index is 11.7. The van der Waals surface area contributed by atoms with Gasteiger partial charge in [-0.25, -0.2) is 4.79 Å². The van der Waals surface area contributed by atoms with Gasteiger partial charge in [-0.1, -0.05) is 0 Å². The Balaban J connectivity index is 2.93. The van der Waals surface area contributed by atoms with Gasteiger partial charge in [0.15, 0.2) is 5.43 Å². The highest BCUT2D eigenvalue weighted by molar-refractivity contribution is 9.10. The number of rotatable bonds is 1. The lowest BCUT2D eigenvalue weighted by Crippen LogP contribution is -2.10. The quantitative estimate of drug-likeness (QED) is 0.843. The third-order valence-electron chi connectivity index (χ3n) is 2.26. The van der Waals surface area contributed by atoms with E-state index in [1.54, 1.807) is 6.07 Å². The van der Waals surface area contributed by atoms with Crippen molar-refractivity contribution in [2.45, 2.75) is 6.92 Å². The van der Waals surface area contributed by atoms with E-state index in [0.29, 0.717) is 15.4 Å². The number of aromatic amines is 1. The van der Waals surface area contributed by atoms with Gasteiger partial charge in [0.1, 0.15) is 5.69 Å². The van der Waals surface area contributed by atoms with E-state index in [4.69, 9.17) is 5.11 Å². The summed E-state index contributed by atoms with van der Waals surface area (Å²) < 4.78 is 0.667. The van der Waals surface area contributed by atoms with Gasteiger partial charge in [0.25, 0.3) is 0 Å². The van der Waals surface area contributed by atoms with Crippen LogP contribution < -0.4 is 5.43 Å². The highest BCUT2D eigenvalue weighted by Crippen LogP contribution is 2.21. The first kappa shape index (κ1) is 10.9. The summed E-state index contributed by atoms with van der Waals surface area (Å²) in [5, 5.41) is 9.29. The predicted octanol–water partition coefficient (Wildman–Crippen LogP) is 2.30. The van der Waals surface area contributed by atoms with Gasteiger partial charge in [-0.15, -0.1) is 0 Å². The summed E-state index contributed by atoms with van der Waals surface area (Å²) in [5.41, 5.74) is 1.06. The van der Waals surface area contributed by atoms with E-state index >= 15 is 0 Å². The number of carbonyl (C=O) groups is 1. The molecule has 4 nitrogen and oxygen atoms in total. The van der Waals surface area contributed by atoms with Crippen molar-refractivity contribution in [2.75, 3.05) is 0 Å². The fourth-order valence-corrected chi connectivity index (χ4v) is 2.36. The summed E-state index contributed by atoms with van der Waals surface area (Å²) in [6, 6.07) is 4.65. The molecular formula is C11H8BrNO3. The second kappa shape index (κ2) is 3.75. The van der Waals surface area contributed by atoms with Crippen molar-refractivity contribution in [3.63, 3.8) is 0 Å². The highest BCUT2D eigenvalue weighted by Gasteiger charge is 2.10. The smallest absolute Gasteiger partial charge is 0.352 e. The monoisotopic (exact) mass is 281 g/mol. The summed E-state index contributed by atoms with van der Waals surface area (Å²) in [6.07, 6.45) is 0. The Bertz CT molecular complexity index is 645. The molecule has 0 spiro atoms. The van der Waals surface area contributed by atoms with Crippen LogP contribution in [0, 0.1) is 6.92 Å². The molecule has 0 saturated heterocycles. The number of pyridine rings is 1. The Kier molecular flexibility index (Phi) is 2.55. The van der Waals surface area contributed by atoms with Gasteiger partial charge in [-0.2, -0.15) is 0 Å². The number of halogens is 1. The minimum absolute atomic E-state index is 0.102. The van der Waals surface area contributed by atoms with E-state index in [1.165, 1.54) is 0 Å². The van der Waals surface area contributed by atoms with Crippen LogP contribution in [-0.4, -0.2) is 16.1 Å². The first-order valence-electron chi connectivity index (χ1n) is 4.55. The Hall–Kier alpha value is -1.62. The van der Waals surface area contributed by atoms with E-state index in [1.807, 2.05) is 13.0 Å². The van der Waals surface area contributed by atoms with Crippen LogP contribution in [0.3, 0.4) is 0 Å². The van der Waals surface area contributed by atoms with E-state index < -0.39 is 5.97 Å². The van der Waals surface area contributed by atoms with Gasteiger partial charge in [0.2, 0.25) is 0 Å². The molecule has 2 rings (SSSR count). The molecule has 0 radical (unpaired) electrons. The van der Waals surface area contributed by atoms with Crippen molar-refractivity contribution in [1.29, 1.82) is 0 Å². The standard InChI is InChI=1S/C11H8BrNO3/c1-5-2-6(12)10-7(3-5)13-8(11(15)16)4-9(10)14/h2-4H,1H3,(H,13,14)(H,15,16). The molecule has 16 heavy (non-hydrogen) atoms. The molecule has 0 aliphatic carbocycles. The normalized spacial score (nSPS) is 10.6. The molecule has 1 aromatic heterocycles. The lowest BCUT2D eigenvalue weighted by Gasteiger charge is -2.04. The molecule has 0 aliphatic heterocycles. The van der Waals surface area contributed by atoms with Crippen molar-refractivity contribution in [2.24, 2.45) is 0 Å². The van der Waals surface area contributed by atoms with Crippen LogP contribution >= 0.6 is 15.9 Å². The molecular weight excluding hydrogens is 274 g/mol. The fraction of sp³-hybridized carbons (Fsp3) is 0.0909. The number of hydrogen-bond acceptors (Lipinski definition) is 2. The van der Waals surface area contributed by atoms with Crippen molar-refractivity contribution in [1.82, 2.24) is 4.98 Å². The topological polar surface area (TPSA) is 70.2 Å². The number of fused-ring (bicyclic) bond motifs is 1. The molecule has 0 unspecified atom stereocenters. The van der Waals surface area contributed by atoms with Gasteiger partial charge in [-0.05, 0) is 40.5 Å². The van der Waals surface area contributed by atoms with Crippen LogP contribution in [0.5, 0.6) is 0 Å². The van der Waals surface area contributed by atoms with Crippen molar-refractivity contribution < 1.29 is 9.90 Å². The lowest BCUT2D eigenvalue weighted by atomic mass is 10.1. The van der Waals surface area contributed by atoms with Crippen LogP contribution in [0.2, 0.25) is 0 Å². The van der Waals surface area contributed by atoms with E-state index in [9.17, 15) is 9.59 Å². The summed E-state index contributed by atoms with van der Waals surface area (Å²) >= 11 is 3.29. The molecule has 0 bridgehead atoms. The zero-order chi connectivity index (χ0) is 11.9. The molecule has 1 heterocycles. The average molecular weight is 282 g/mol. The predicted molar refractivity (Wildman–Crippen MR) is 64.0 cm³/mol. The number of carboxylic acids is 1. The molecule has 5 heteroatoms. The molecule has 0 fully saturated rings. The number of benzene rings is 1. The summed E-state index contributed by atoms with van der Waals surface area (Å²) in [4.78, 5) is 25.2. The number of hydrogen-bond donors (Lipinski definition) is 2. The third kappa shape index (κ3) is 1.74. The second-order valence-electron chi connectivity index (χ2n) is 3.52.